The third-order valence-electron chi connectivity index (χ3n) is 3.29. The summed E-state index contributed by atoms with van der Waals surface area (Å²) in [6, 6.07) is 0.274. The molecule has 0 aliphatic carbocycles. The zero-order valence-electron chi connectivity index (χ0n) is 12.9. The largest absolute Gasteiger partial charge is 0.347 e. The molecule has 1 aromatic rings. The molecule has 19 heavy (non-hydrogen) atoms. The van der Waals surface area contributed by atoms with Gasteiger partial charge in [-0.25, -0.2) is 5.84 Å². The van der Waals surface area contributed by atoms with Crippen LogP contribution in [0.4, 0.5) is 17.8 Å². The number of nitrogens with two attached hydrogens (primary N) is 1. The second-order valence-electron chi connectivity index (χ2n) is 5.95. The molecule has 0 bridgehead atoms. The van der Waals surface area contributed by atoms with Crippen molar-refractivity contribution in [2.45, 2.75) is 33.7 Å². The van der Waals surface area contributed by atoms with E-state index in [4.69, 9.17) is 5.84 Å². The summed E-state index contributed by atoms with van der Waals surface area (Å²) in [5.74, 6) is 6.95. The number of rotatable bonds is 4. The van der Waals surface area contributed by atoms with Gasteiger partial charge in [-0.2, -0.15) is 15.0 Å². The van der Waals surface area contributed by atoms with Gasteiger partial charge in [0.15, 0.2) is 0 Å². The number of hydrogen-bond donors (Lipinski definition) is 2. The maximum Gasteiger partial charge on any atom is 0.243 e. The molecule has 0 radical (unpaired) electrons. The van der Waals surface area contributed by atoms with Crippen molar-refractivity contribution in [3.8, 4) is 0 Å². The number of nitrogen functional groups attached to an aromatic ring is 1. The molecule has 0 aliphatic rings. The van der Waals surface area contributed by atoms with Gasteiger partial charge in [0.05, 0.1) is 0 Å². The Labute approximate surface area is 115 Å². The number of anilines is 3. The zero-order valence-corrected chi connectivity index (χ0v) is 12.9. The van der Waals surface area contributed by atoms with Crippen LogP contribution in [0.1, 0.15) is 27.7 Å². The number of nitrogens with zero attached hydrogens (tertiary/aromatic N) is 5. The summed E-state index contributed by atoms with van der Waals surface area (Å²) in [6.07, 6.45) is 0. The van der Waals surface area contributed by atoms with E-state index in [2.05, 4.69) is 48.1 Å². The van der Waals surface area contributed by atoms with Crippen LogP contribution in [0.15, 0.2) is 0 Å². The Morgan fingerprint density at radius 1 is 1.05 bits per heavy atom. The quantitative estimate of drug-likeness (QED) is 0.624. The molecule has 1 aromatic heterocycles. The smallest absolute Gasteiger partial charge is 0.243 e. The van der Waals surface area contributed by atoms with Crippen LogP contribution in [-0.4, -0.2) is 42.1 Å². The van der Waals surface area contributed by atoms with Gasteiger partial charge in [-0.05, 0) is 12.3 Å². The first-order valence-electron chi connectivity index (χ1n) is 6.29. The van der Waals surface area contributed by atoms with E-state index in [1.165, 1.54) is 0 Å². The number of hydrazine groups is 1. The molecular formula is C12H25N7. The lowest BCUT2D eigenvalue weighted by Crippen LogP contribution is -2.40. The molecule has 1 unspecified atom stereocenters. The summed E-state index contributed by atoms with van der Waals surface area (Å²) in [6.45, 7) is 8.70. The zero-order chi connectivity index (χ0) is 14.8. The molecule has 0 saturated carbocycles. The monoisotopic (exact) mass is 267 g/mol. The first-order valence-corrected chi connectivity index (χ1v) is 6.29. The van der Waals surface area contributed by atoms with Crippen molar-refractivity contribution in [1.82, 2.24) is 15.0 Å². The van der Waals surface area contributed by atoms with Crippen LogP contribution in [-0.2, 0) is 0 Å². The van der Waals surface area contributed by atoms with Crippen molar-refractivity contribution in [3.63, 3.8) is 0 Å². The van der Waals surface area contributed by atoms with Gasteiger partial charge in [0, 0.05) is 27.2 Å². The second-order valence-corrected chi connectivity index (χ2v) is 5.95. The van der Waals surface area contributed by atoms with Gasteiger partial charge in [-0.15, -0.1) is 0 Å². The van der Waals surface area contributed by atoms with Crippen molar-refractivity contribution in [2.24, 2.45) is 11.3 Å². The summed E-state index contributed by atoms with van der Waals surface area (Å²) in [4.78, 5) is 16.8. The first kappa shape index (κ1) is 15.4. The molecule has 0 spiro atoms. The molecule has 7 heteroatoms. The SMILES string of the molecule is CC(N(C)c1nc(NN)nc(N(C)C)n1)C(C)(C)C. The van der Waals surface area contributed by atoms with Crippen LogP contribution in [0.25, 0.3) is 0 Å². The maximum atomic E-state index is 5.41. The third-order valence-corrected chi connectivity index (χ3v) is 3.29. The highest BCUT2D eigenvalue weighted by Gasteiger charge is 2.26. The van der Waals surface area contributed by atoms with Crippen molar-refractivity contribution < 1.29 is 0 Å². The van der Waals surface area contributed by atoms with Crippen LogP contribution >= 0.6 is 0 Å². The predicted molar refractivity (Wildman–Crippen MR) is 79.3 cm³/mol. The Morgan fingerprint density at radius 3 is 2.00 bits per heavy atom. The van der Waals surface area contributed by atoms with Crippen molar-refractivity contribution >= 4 is 17.8 Å². The Morgan fingerprint density at radius 2 is 1.58 bits per heavy atom. The lowest BCUT2D eigenvalue weighted by atomic mass is 9.87. The summed E-state index contributed by atoms with van der Waals surface area (Å²) < 4.78 is 0. The standard InChI is InChI=1S/C12H25N7/c1-8(12(2,3)4)19(7)11-15-9(17-13)14-10(16-11)18(5)6/h8H,13H2,1-7H3,(H,14,15,16,17). The van der Waals surface area contributed by atoms with E-state index in [9.17, 15) is 0 Å². The Hall–Kier alpha value is -1.63. The topological polar surface area (TPSA) is 83.2 Å². The highest BCUT2D eigenvalue weighted by atomic mass is 15.4. The number of nitrogens with one attached hydrogen (secondary N) is 1. The van der Waals surface area contributed by atoms with Gasteiger partial charge in [0.25, 0.3) is 0 Å². The van der Waals surface area contributed by atoms with E-state index < -0.39 is 0 Å². The molecular weight excluding hydrogens is 242 g/mol. The highest BCUT2D eigenvalue weighted by molar-refractivity contribution is 5.44. The van der Waals surface area contributed by atoms with Crippen LogP contribution in [0, 0.1) is 5.41 Å². The van der Waals surface area contributed by atoms with Crippen molar-refractivity contribution in [2.75, 3.05) is 36.4 Å². The summed E-state index contributed by atoms with van der Waals surface area (Å²) in [5.41, 5.74) is 2.60. The molecule has 0 saturated heterocycles. The highest BCUT2D eigenvalue weighted by Crippen LogP contribution is 2.26. The average Bonchev–Trinajstić information content (AvgIpc) is 2.35. The average molecular weight is 267 g/mol. The minimum absolute atomic E-state index is 0.121. The Balaban J connectivity index is 3.15. The van der Waals surface area contributed by atoms with Crippen LogP contribution in [0.5, 0.6) is 0 Å². The Bertz CT molecular complexity index is 425. The van der Waals surface area contributed by atoms with Crippen LogP contribution in [0.2, 0.25) is 0 Å². The molecule has 0 fully saturated rings. The lowest BCUT2D eigenvalue weighted by Gasteiger charge is -2.35. The van der Waals surface area contributed by atoms with E-state index in [0.717, 1.165) is 0 Å². The summed E-state index contributed by atoms with van der Waals surface area (Å²) in [5, 5.41) is 0. The van der Waals surface area contributed by atoms with Gasteiger partial charge < -0.3 is 9.80 Å². The van der Waals surface area contributed by atoms with E-state index >= 15 is 0 Å². The first-order chi connectivity index (χ1) is 8.66. The van der Waals surface area contributed by atoms with E-state index in [0.29, 0.717) is 17.8 Å². The Kier molecular flexibility index (Phi) is 4.52. The molecule has 0 aromatic carbocycles. The molecule has 3 N–H and O–H groups in total. The number of hydrogen-bond acceptors (Lipinski definition) is 7. The predicted octanol–water partition coefficient (Wildman–Crippen LogP) is 1.09. The summed E-state index contributed by atoms with van der Waals surface area (Å²) in [7, 11) is 5.74. The van der Waals surface area contributed by atoms with E-state index in [-0.39, 0.29) is 11.5 Å². The van der Waals surface area contributed by atoms with E-state index in [1.54, 1.807) is 0 Å². The molecule has 108 valence electrons. The molecule has 1 rings (SSSR count). The normalized spacial score (nSPS) is 13.1. The second kappa shape index (κ2) is 5.56. The van der Waals surface area contributed by atoms with Crippen LogP contribution < -0.4 is 21.1 Å². The van der Waals surface area contributed by atoms with Gasteiger partial charge in [-0.3, -0.25) is 5.43 Å². The number of aromatic nitrogens is 3. The van der Waals surface area contributed by atoms with Crippen molar-refractivity contribution in [3.05, 3.63) is 0 Å². The molecule has 7 nitrogen and oxygen atoms in total. The third kappa shape index (κ3) is 3.66. The fourth-order valence-corrected chi connectivity index (χ4v) is 1.53. The van der Waals surface area contributed by atoms with E-state index in [1.807, 2.05) is 30.9 Å². The minimum atomic E-state index is 0.121. The fourth-order valence-electron chi connectivity index (χ4n) is 1.53. The molecule has 0 aliphatic heterocycles. The fraction of sp³-hybridized carbons (Fsp3) is 0.750. The van der Waals surface area contributed by atoms with Gasteiger partial charge in [0.1, 0.15) is 0 Å². The molecule has 0 amide bonds. The molecule has 1 heterocycles. The van der Waals surface area contributed by atoms with Gasteiger partial charge in [-0.1, -0.05) is 20.8 Å². The lowest BCUT2D eigenvalue weighted by molar-refractivity contribution is 0.327. The van der Waals surface area contributed by atoms with Crippen LogP contribution in [0.3, 0.4) is 0 Å². The van der Waals surface area contributed by atoms with Crippen molar-refractivity contribution in [1.29, 1.82) is 0 Å². The minimum Gasteiger partial charge on any atom is -0.347 e. The molecule has 1 atom stereocenters. The maximum absolute atomic E-state index is 5.41. The van der Waals surface area contributed by atoms with Gasteiger partial charge in [0.2, 0.25) is 17.8 Å². The van der Waals surface area contributed by atoms with Gasteiger partial charge >= 0.3 is 0 Å². The summed E-state index contributed by atoms with van der Waals surface area (Å²) >= 11 is 0.